The van der Waals surface area contributed by atoms with Gasteiger partial charge in [0.05, 0.1) is 17.8 Å². The predicted molar refractivity (Wildman–Crippen MR) is 102 cm³/mol. The lowest BCUT2D eigenvalue weighted by Gasteiger charge is -2.15. The van der Waals surface area contributed by atoms with Gasteiger partial charge in [-0.15, -0.1) is 11.3 Å². The van der Waals surface area contributed by atoms with Gasteiger partial charge in [0.2, 0.25) is 5.91 Å². The highest BCUT2D eigenvalue weighted by Crippen LogP contribution is 2.21. The van der Waals surface area contributed by atoms with Crippen LogP contribution in [0.5, 0.6) is 5.75 Å². The van der Waals surface area contributed by atoms with E-state index in [0.717, 1.165) is 5.69 Å². The molecule has 3 aromatic rings. The zero-order valence-corrected chi connectivity index (χ0v) is 15.7. The number of halogens is 1. The number of carbonyl (C=O) groups excluding carboxylic acids is 2. The highest BCUT2D eigenvalue weighted by atomic mass is 32.1. The predicted octanol–water partition coefficient (Wildman–Crippen LogP) is 2.50. The van der Waals surface area contributed by atoms with Gasteiger partial charge in [0, 0.05) is 11.6 Å². The number of ether oxygens (including phenoxy) is 1. The summed E-state index contributed by atoms with van der Waals surface area (Å²) in [7, 11) is 0. The van der Waals surface area contributed by atoms with Crippen LogP contribution in [0.4, 0.5) is 4.39 Å². The van der Waals surface area contributed by atoms with Crippen LogP contribution in [0.2, 0.25) is 0 Å². The van der Waals surface area contributed by atoms with Crippen LogP contribution in [0.25, 0.3) is 10.7 Å². The number of para-hydroxylation sites is 1. The van der Waals surface area contributed by atoms with Crippen molar-refractivity contribution in [2.24, 2.45) is 0 Å². The maximum atomic E-state index is 13.6. The Labute approximate surface area is 164 Å². The van der Waals surface area contributed by atoms with Crippen molar-refractivity contribution in [3.8, 4) is 16.5 Å². The third-order valence-corrected chi connectivity index (χ3v) is 4.53. The summed E-state index contributed by atoms with van der Waals surface area (Å²) >= 11 is 1.38. The first-order valence-electron chi connectivity index (χ1n) is 8.38. The Morgan fingerprint density at radius 3 is 2.71 bits per heavy atom. The molecular formula is C19H17FN4O3S. The lowest BCUT2D eigenvalue weighted by atomic mass is 10.3. The van der Waals surface area contributed by atoms with Crippen molar-refractivity contribution >= 4 is 23.2 Å². The average Bonchev–Trinajstić information content (AvgIpc) is 3.17. The first-order chi connectivity index (χ1) is 13.5. The highest BCUT2D eigenvalue weighted by molar-refractivity contribution is 7.13. The fourth-order valence-corrected chi connectivity index (χ4v) is 3.02. The minimum atomic E-state index is -0.993. The molecule has 3 rings (SSSR count). The number of benzene rings is 1. The number of nitrogens with zero attached hydrogens (tertiary/aromatic N) is 2. The van der Waals surface area contributed by atoms with Crippen LogP contribution in [0.3, 0.4) is 0 Å². The maximum absolute atomic E-state index is 13.6. The van der Waals surface area contributed by atoms with Crippen molar-refractivity contribution in [3.05, 3.63) is 65.6 Å². The zero-order valence-electron chi connectivity index (χ0n) is 14.9. The van der Waals surface area contributed by atoms with E-state index < -0.39 is 23.7 Å². The van der Waals surface area contributed by atoms with Crippen LogP contribution in [-0.4, -0.2) is 27.9 Å². The molecule has 2 heterocycles. The normalized spacial score (nSPS) is 11.5. The van der Waals surface area contributed by atoms with Crippen molar-refractivity contribution in [1.82, 2.24) is 20.8 Å². The molecule has 0 bridgehead atoms. The van der Waals surface area contributed by atoms with Crippen LogP contribution in [0, 0.1) is 5.82 Å². The average molecular weight is 400 g/mol. The molecule has 2 amide bonds. The summed E-state index contributed by atoms with van der Waals surface area (Å²) in [6.45, 7) is 1.45. The third-order valence-electron chi connectivity index (χ3n) is 3.61. The van der Waals surface area contributed by atoms with Gasteiger partial charge in [-0.25, -0.2) is 9.37 Å². The molecule has 0 fully saturated rings. The van der Waals surface area contributed by atoms with Crippen LogP contribution in [0.1, 0.15) is 12.6 Å². The van der Waals surface area contributed by atoms with Crippen molar-refractivity contribution < 1.29 is 18.7 Å². The summed E-state index contributed by atoms with van der Waals surface area (Å²) in [4.78, 5) is 32.6. The van der Waals surface area contributed by atoms with Crippen LogP contribution in [0.15, 0.2) is 54.0 Å². The van der Waals surface area contributed by atoms with E-state index >= 15 is 0 Å². The minimum absolute atomic E-state index is 0.00777. The molecule has 28 heavy (non-hydrogen) atoms. The molecular weight excluding hydrogens is 383 g/mol. The summed E-state index contributed by atoms with van der Waals surface area (Å²) in [6, 6.07) is 11.3. The van der Waals surface area contributed by atoms with E-state index in [9.17, 15) is 14.0 Å². The number of rotatable bonds is 6. The molecule has 9 heteroatoms. The van der Waals surface area contributed by atoms with E-state index in [1.807, 2.05) is 18.2 Å². The van der Waals surface area contributed by atoms with Crippen LogP contribution < -0.4 is 15.6 Å². The van der Waals surface area contributed by atoms with Gasteiger partial charge in [-0.2, -0.15) is 0 Å². The highest BCUT2D eigenvalue weighted by Gasteiger charge is 2.17. The van der Waals surface area contributed by atoms with Crippen LogP contribution >= 0.6 is 11.3 Å². The Hall–Kier alpha value is -3.33. The second kappa shape index (κ2) is 9.05. The Morgan fingerprint density at radius 1 is 1.18 bits per heavy atom. The summed E-state index contributed by atoms with van der Waals surface area (Å²) in [6.07, 6.45) is 0.669. The van der Waals surface area contributed by atoms with Crippen molar-refractivity contribution in [1.29, 1.82) is 0 Å². The van der Waals surface area contributed by atoms with Crippen molar-refractivity contribution in [2.45, 2.75) is 19.4 Å². The minimum Gasteiger partial charge on any atom is -0.478 e. The second-order valence-electron chi connectivity index (χ2n) is 5.76. The molecule has 1 aromatic carbocycles. The fraction of sp³-hybridized carbons (Fsp3) is 0.158. The maximum Gasteiger partial charge on any atom is 0.279 e. The molecule has 0 aliphatic carbocycles. The van der Waals surface area contributed by atoms with Gasteiger partial charge in [-0.05, 0) is 31.2 Å². The molecule has 0 aliphatic heterocycles. The summed E-state index contributed by atoms with van der Waals surface area (Å²) in [5.74, 6) is -1.66. The van der Waals surface area contributed by atoms with E-state index in [4.69, 9.17) is 4.74 Å². The van der Waals surface area contributed by atoms with Gasteiger partial charge in [-0.1, -0.05) is 18.2 Å². The van der Waals surface area contributed by atoms with Crippen molar-refractivity contribution in [3.63, 3.8) is 0 Å². The van der Waals surface area contributed by atoms with Gasteiger partial charge in [0.25, 0.3) is 5.91 Å². The number of amides is 2. The number of hydrogen-bond acceptors (Lipinski definition) is 6. The smallest absolute Gasteiger partial charge is 0.279 e. The number of pyridine rings is 1. The van der Waals surface area contributed by atoms with Gasteiger partial charge < -0.3 is 4.74 Å². The van der Waals surface area contributed by atoms with Gasteiger partial charge in [0.1, 0.15) is 5.01 Å². The monoisotopic (exact) mass is 400 g/mol. The Bertz CT molecular complexity index is 965. The van der Waals surface area contributed by atoms with Gasteiger partial charge in [0.15, 0.2) is 17.7 Å². The lowest BCUT2D eigenvalue weighted by molar-refractivity contribution is -0.132. The Kier molecular flexibility index (Phi) is 6.28. The molecule has 2 aromatic heterocycles. The third kappa shape index (κ3) is 5.10. The first kappa shape index (κ1) is 19.4. The largest absolute Gasteiger partial charge is 0.478 e. The van der Waals surface area contributed by atoms with E-state index in [1.54, 1.807) is 17.6 Å². The van der Waals surface area contributed by atoms with Gasteiger partial charge in [-0.3, -0.25) is 25.4 Å². The Balaban J connectivity index is 1.48. The number of hydrazine groups is 1. The van der Waals surface area contributed by atoms with Crippen molar-refractivity contribution in [2.75, 3.05) is 0 Å². The zero-order chi connectivity index (χ0) is 19.9. The van der Waals surface area contributed by atoms with E-state index in [-0.39, 0.29) is 12.2 Å². The van der Waals surface area contributed by atoms with E-state index in [1.165, 1.54) is 36.5 Å². The summed E-state index contributed by atoms with van der Waals surface area (Å²) < 4.78 is 18.8. The summed E-state index contributed by atoms with van der Waals surface area (Å²) in [5.41, 5.74) is 5.85. The molecule has 1 atom stereocenters. The number of hydrogen-bond donors (Lipinski definition) is 2. The molecule has 0 saturated carbocycles. The molecule has 0 aliphatic rings. The molecule has 0 unspecified atom stereocenters. The Morgan fingerprint density at radius 2 is 1.96 bits per heavy atom. The van der Waals surface area contributed by atoms with Gasteiger partial charge >= 0.3 is 0 Å². The number of carbonyl (C=O) groups is 2. The molecule has 7 nitrogen and oxygen atoms in total. The fourth-order valence-electron chi connectivity index (χ4n) is 2.22. The molecule has 144 valence electrons. The number of nitrogens with one attached hydrogen (secondary N) is 2. The standard InChI is InChI=1S/C19H17FN4O3S/c1-12(27-16-8-3-2-6-14(16)20)18(26)24-23-17(25)10-13-11-28-19(22-13)15-7-4-5-9-21-15/h2-9,11-12H,10H2,1H3,(H,23,25)(H,24,26)/t12-/m0/s1. The first-order valence-corrected chi connectivity index (χ1v) is 9.26. The molecule has 0 radical (unpaired) electrons. The molecule has 0 saturated heterocycles. The van der Waals surface area contributed by atoms with Crippen LogP contribution in [-0.2, 0) is 16.0 Å². The lowest BCUT2D eigenvalue weighted by Crippen LogP contribution is -2.47. The van der Waals surface area contributed by atoms with E-state index in [0.29, 0.717) is 10.7 Å². The quantitative estimate of drug-likeness (QED) is 0.620. The second-order valence-corrected chi connectivity index (χ2v) is 6.62. The SMILES string of the molecule is C[C@H](Oc1ccccc1F)C(=O)NNC(=O)Cc1csc(-c2ccccn2)n1. The topological polar surface area (TPSA) is 93.2 Å². The summed E-state index contributed by atoms with van der Waals surface area (Å²) in [5, 5.41) is 2.47. The number of aromatic nitrogens is 2. The molecule has 0 spiro atoms. The number of thiazole rings is 1. The molecule has 2 N–H and O–H groups in total. The van der Waals surface area contributed by atoms with E-state index in [2.05, 4.69) is 20.8 Å².